The summed E-state index contributed by atoms with van der Waals surface area (Å²) in [7, 11) is 0. The standard InChI is InChI=1S/C22H27NO2/c1-14-4-3-11-22(2)13-19(22)20-17(10-5-14)18(21(24)25-20)12-15-6-8-16(23)9-7-15/h4,6-9,12,17,19-20H,3,5,10-11,13,23H2,1-2H3. The molecule has 0 spiro atoms. The third-order valence-electron chi connectivity index (χ3n) is 6.41. The summed E-state index contributed by atoms with van der Waals surface area (Å²) in [6, 6.07) is 7.69. The number of nitrogen functional groups attached to an aromatic ring is 1. The SMILES string of the molecule is CC1=CCCC2(C)CC2C2OC(=O)C(=Cc3ccc(N)cc3)C2CC1. The van der Waals surface area contributed by atoms with Crippen molar-refractivity contribution in [2.45, 2.75) is 52.1 Å². The van der Waals surface area contributed by atoms with Crippen molar-refractivity contribution in [3.8, 4) is 0 Å². The van der Waals surface area contributed by atoms with E-state index in [2.05, 4.69) is 19.9 Å². The largest absolute Gasteiger partial charge is 0.458 e. The second-order valence-corrected chi connectivity index (χ2v) is 8.34. The number of anilines is 1. The molecule has 2 fully saturated rings. The number of esters is 1. The van der Waals surface area contributed by atoms with Crippen molar-refractivity contribution in [1.29, 1.82) is 0 Å². The van der Waals surface area contributed by atoms with Crippen LogP contribution >= 0.6 is 0 Å². The Bertz CT molecular complexity index is 746. The fourth-order valence-corrected chi connectivity index (χ4v) is 4.60. The molecule has 2 aliphatic carbocycles. The van der Waals surface area contributed by atoms with E-state index in [4.69, 9.17) is 10.5 Å². The van der Waals surface area contributed by atoms with Gasteiger partial charge in [0.25, 0.3) is 0 Å². The van der Waals surface area contributed by atoms with Gasteiger partial charge < -0.3 is 10.5 Å². The van der Waals surface area contributed by atoms with Gasteiger partial charge in [-0.3, -0.25) is 0 Å². The predicted octanol–water partition coefficient (Wildman–Crippen LogP) is 4.74. The normalized spacial score (nSPS) is 36.2. The van der Waals surface area contributed by atoms with Crippen LogP contribution in [-0.2, 0) is 9.53 Å². The molecular formula is C22H27NO2. The van der Waals surface area contributed by atoms with Gasteiger partial charge in [0.05, 0.1) is 0 Å². The number of carbonyl (C=O) groups excluding carboxylic acids is 1. The Morgan fingerprint density at radius 2 is 2.04 bits per heavy atom. The van der Waals surface area contributed by atoms with Crippen molar-refractivity contribution in [2.24, 2.45) is 17.3 Å². The maximum Gasteiger partial charge on any atom is 0.334 e. The highest BCUT2D eigenvalue weighted by atomic mass is 16.6. The molecule has 25 heavy (non-hydrogen) atoms. The number of benzene rings is 1. The lowest BCUT2D eigenvalue weighted by Crippen LogP contribution is -2.23. The van der Waals surface area contributed by atoms with Crippen molar-refractivity contribution in [2.75, 3.05) is 5.73 Å². The van der Waals surface area contributed by atoms with Gasteiger partial charge in [0.2, 0.25) is 0 Å². The molecule has 1 aromatic carbocycles. The second kappa shape index (κ2) is 6.05. The zero-order chi connectivity index (χ0) is 17.6. The van der Waals surface area contributed by atoms with Gasteiger partial charge in [-0.05, 0) is 68.2 Å². The molecule has 4 unspecified atom stereocenters. The van der Waals surface area contributed by atoms with Crippen LogP contribution in [-0.4, -0.2) is 12.1 Å². The van der Waals surface area contributed by atoms with E-state index in [0.717, 1.165) is 36.1 Å². The number of ether oxygens (including phenoxy) is 1. The zero-order valence-electron chi connectivity index (χ0n) is 15.1. The highest BCUT2D eigenvalue weighted by molar-refractivity contribution is 5.96. The summed E-state index contributed by atoms with van der Waals surface area (Å²) in [6.45, 7) is 4.57. The maximum atomic E-state index is 12.6. The molecule has 0 bridgehead atoms. The lowest BCUT2D eigenvalue weighted by atomic mass is 9.83. The van der Waals surface area contributed by atoms with Crippen LogP contribution in [0.4, 0.5) is 5.69 Å². The molecule has 0 amide bonds. The predicted molar refractivity (Wildman–Crippen MR) is 101 cm³/mol. The summed E-state index contributed by atoms with van der Waals surface area (Å²) >= 11 is 0. The Balaban J connectivity index is 1.67. The number of allylic oxidation sites excluding steroid dienone is 2. The molecule has 4 rings (SSSR count). The molecule has 1 saturated carbocycles. The summed E-state index contributed by atoms with van der Waals surface area (Å²) < 4.78 is 5.91. The number of hydrogen-bond acceptors (Lipinski definition) is 3. The van der Waals surface area contributed by atoms with E-state index < -0.39 is 0 Å². The first-order chi connectivity index (χ1) is 12.0. The van der Waals surface area contributed by atoms with Crippen molar-refractivity contribution >= 4 is 17.7 Å². The molecule has 0 aromatic heterocycles. The van der Waals surface area contributed by atoms with Gasteiger partial charge >= 0.3 is 5.97 Å². The molecule has 0 radical (unpaired) electrons. The number of rotatable bonds is 1. The molecule has 1 heterocycles. The molecule has 3 aliphatic rings. The van der Waals surface area contributed by atoms with Crippen LogP contribution in [0.2, 0.25) is 0 Å². The van der Waals surface area contributed by atoms with Crippen LogP contribution < -0.4 is 5.73 Å². The average molecular weight is 337 g/mol. The van der Waals surface area contributed by atoms with E-state index >= 15 is 0 Å². The lowest BCUT2D eigenvalue weighted by molar-refractivity contribution is -0.140. The maximum absolute atomic E-state index is 12.6. The smallest absolute Gasteiger partial charge is 0.334 e. The van der Waals surface area contributed by atoms with Gasteiger partial charge in [0, 0.05) is 23.1 Å². The van der Waals surface area contributed by atoms with E-state index in [-0.39, 0.29) is 18.0 Å². The van der Waals surface area contributed by atoms with Gasteiger partial charge in [-0.1, -0.05) is 30.7 Å². The van der Waals surface area contributed by atoms with Crippen molar-refractivity contribution in [1.82, 2.24) is 0 Å². The van der Waals surface area contributed by atoms with Gasteiger partial charge in [-0.25, -0.2) is 4.79 Å². The van der Waals surface area contributed by atoms with Crippen LogP contribution in [0, 0.1) is 17.3 Å². The van der Waals surface area contributed by atoms with Crippen LogP contribution in [0.3, 0.4) is 0 Å². The molecule has 4 atom stereocenters. The Morgan fingerprint density at radius 1 is 1.28 bits per heavy atom. The topological polar surface area (TPSA) is 52.3 Å². The summed E-state index contributed by atoms with van der Waals surface area (Å²) in [4.78, 5) is 12.6. The Labute approximate surface area is 149 Å². The molecule has 3 heteroatoms. The number of nitrogens with two attached hydrogens (primary N) is 1. The fourth-order valence-electron chi connectivity index (χ4n) is 4.60. The van der Waals surface area contributed by atoms with Gasteiger partial charge in [-0.2, -0.15) is 0 Å². The molecule has 132 valence electrons. The Hall–Kier alpha value is -2.03. The molecule has 3 nitrogen and oxygen atoms in total. The van der Waals surface area contributed by atoms with E-state index in [1.54, 1.807) is 0 Å². The molecule has 1 aromatic rings. The number of fused-ring (bicyclic) bond motifs is 3. The first-order valence-electron chi connectivity index (χ1n) is 9.40. The first-order valence-corrected chi connectivity index (χ1v) is 9.40. The van der Waals surface area contributed by atoms with Crippen molar-refractivity contribution in [3.63, 3.8) is 0 Å². The molecule has 1 aliphatic heterocycles. The Kier molecular flexibility index (Phi) is 3.98. The van der Waals surface area contributed by atoms with Gasteiger partial charge in [0.1, 0.15) is 6.10 Å². The highest BCUT2D eigenvalue weighted by Gasteiger charge is 2.59. The quantitative estimate of drug-likeness (QED) is 0.348. The van der Waals surface area contributed by atoms with E-state index in [0.29, 0.717) is 11.3 Å². The minimum absolute atomic E-state index is 0.0587. The van der Waals surface area contributed by atoms with Crippen LogP contribution in [0.1, 0.15) is 51.5 Å². The molecule has 1 saturated heterocycles. The molecular weight excluding hydrogens is 310 g/mol. The average Bonchev–Trinajstić information content (AvgIpc) is 3.15. The third kappa shape index (κ3) is 3.12. The van der Waals surface area contributed by atoms with E-state index in [1.807, 2.05) is 30.3 Å². The summed E-state index contributed by atoms with van der Waals surface area (Å²) in [5.74, 6) is 0.603. The first kappa shape index (κ1) is 16.4. The van der Waals surface area contributed by atoms with Crippen LogP contribution in [0.15, 0.2) is 41.5 Å². The Morgan fingerprint density at radius 3 is 2.80 bits per heavy atom. The second-order valence-electron chi connectivity index (χ2n) is 8.34. The van der Waals surface area contributed by atoms with Gasteiger partial charge in [0.15, 0.2) is 0 Å². The highest BCUT2D eigenvalue weighted by Crippen LogP contribution is 2.61. The summed E-state index contributed by atoms with van der Waals surface area (Å²) in [5, 5.41) is 0. The minimum atomic E-state index is -0.123. The summed E-state index contributed by atoms with van der Waals surface area (Å²) in [6.07, 6.45) is 10.0. The van der Waals surface area contributed by atoms with Crippen molar-refractivity contribution in [3.05, 3.63) is 47.1 Å². The van der Waals surface area contributed by atoms with Crippen molar-refractivity contribution < 1.29 is 9.53 Å². The minimum Gasteiger partial charge on any atom is -0.458 e. The summed E-state index contributed by atoms with van der Waals surface area (Å²) in [5.41, 5.74) is 10.2. The number of carbonyl (C=O) groups is 1. The van der Waals surface area contributed by atoms with Crippen LogP contribution in [0.5, 0.6) is 0 Å². The number of hydrogen-bond donors (Lipinski definition) is 1. The fraction of sp³-hybridized carbons (Fsp3) is 0.500. The molecule has 2 N–H and O–H groups in total. The van der Waals surface area contributed by atoms with E-state index in [1.165, 1.54) is 18.4 Å². The van der Waals surface area contributed by atoms with Gasteiger partial charge in [-0.15, -0.1) is 0 Å². The monoisotopic (exact) mass is 337 g/mol. The lowest BCUT2D eigenvalue weighted by Gasteiger charge is -2.22. The van der Waals surface area contributed by atoms with E-state index in [9.17, 15) is 4.79 Å². The van der Waals surface area contributed by atoms with Crippen LogP contribution in [0.25, 0.3) is 6.08 Å². The third-order valence-corrected chi connectivity index (χ3v) is 6.41. The zero-order valence-corrected chi connectivity index (χ0v) is 15.1.